The summed E-state index contributed by atoms with van der Waals surface area (Å²) in [5.74, 6) is 0.981. The summed E-state index contributed by atoms with van der Waals surface area (Å²) in [6, 6.07) is 2.07. The molecule has 1 fully saturated rings. The summed E-state index contributed by atoms with van der Waals surface area (Å²) < 4.78 is 25.6. The third-order valence-corrected chi connectivity index (χ3v) is 7.10. The average Bonchev–Trinajstić information content (AvgIpc) is 2.83. The van der Waals surface area contributed by atoms with Crippen LogP contribution in [0.3, 0.4) is 0 Å². The first-order valence-electron chi connectivity index (χ1n) is 8.93. The number of hydrogen-bond acceptors (Lipinski definition) is 4. The van der Waals surface area contributed by atoms with E-state index >= 15 is 0 Å². The van der Waals surface area contributed by atoms with E-state index in [4.69, 9.17) is 4.99 Å². The van der Waals surface area contributed by atoms with Crippen LogP contribution in [0.15, 0.2) is 11.1 Å². The first kappa shape index (κ1) is 19.8. The lowest BCUT2D eigenvalue weighted by molar-refractivity contribution is 0.353. The fourth-order valence-electron chi connectivity index (χ4n) is 3.06. The smallest absolute Gasteiger partial charge is 0.193 e. The molecule has 1 aliphatic heterocycles. The van der Waals surface area contributed by atoms with E-state index in [1.807, 2.05) is 18.5 Å². The Morgan fingerprint density at radius 1 is 1.40 bits per heavy atom. The fraction of sp³-hybridized carbons (Fsp3) is 0.765. The van der Waals surface area contributed by atoms with Crippen molar-refractivity contribution in [3.63, 3.8) is 0 Å². The second-order valence-corrected chi connectivity index (χ2v) is 9.98. The molecule has 0 bridgehead atoms. The van der Waals surface area contributed by atoms with Gasteiger partial charge in [-0.3, -0.25) is 9.67 Å². The number of aromatic nitrogens is 2. The molecule has 1 N–H and O–H groups in total. The molecule has 0 radical (unpaired) electrons. The van der Waals surface area contributed by atoms with Crippen molar-refractivity contribution >= 4 is 15.8 Å². The van der Waals surface area contributed by atoms with E-state index in [1.54, 1.807) is 13.8 Å². The molecule has 1 aliphatic rings. The highest BCUT2D eigenvalue weighted by molar-refractivity contribution is 7.92. The fourth-order valence-corrected chi connectivity index (χ4v) is 4.42. The topological polar surface area (TPSA) is 79.6 Å². The summed E-state index contributed by atoms with van der Waals surface area (Å²) in [6.07, 6.45) is 0.895. The van der Waals surface area contributed by atoms with Gasteiger partial charge in [-0.1, -0.05) is 0 Å². The van der Waals surface area contributed by atoms with Gasteiger partial charge in [0.15, 0.2) is 15.8 Å². The van der Waals surface area contributed by atoms with Crippen LogP contribution >= 0.6 is 0 Å². The van der Waals surface area contributed by atoms with Gasteiger partial charge in [0, 0.05) is 38.4 Å². The number of aryl methyl sites for hydroxylation is 3. The highest BCUT2D eigenvalue weighted by atomic mass is 32.2. The molecule has 0 amide bonds. The van der Waals surface area contributed by atoms with Crippen LogP contribution in [0, 0.1) is 13.8 Å². The molecule has 2 heterocycles. The summed E-state index contributed by atoms with van der Waals surface area (Å²) in [7, 11) is -3.04. The Bertz CT molecular complexity index is 721. The summed E-state index contributed by atoms with van der Waals surface area (Å²) >= 11 is 0. The lowest BCUT2D eigenvalue weighted by Crippen LogP contribution is -2.57. The molecule has 142 valence electrons. The monoisotopic (exact) mass is 369 g/mol. The molecule has 7 nitrogen and oxygen atoms in total. The van der Waals surface area contributed by atoms with E-state index in [1.165, 1.54) is 0 Å². The molecule has 25 heavy (non-hydrogen) atoms. The molecule has 0 saturated carbocycles. The van der Waals surface area contributed by atoms with Gasteiger partial charge in [0.05, 0.1) is 16.2 Å². The number of aliphatic imine (C=N–C) groups is 1. The molecular formula is C17H31N5O2S. The number of sulfone groups is 1. The van der Waals surface area contributed by atoms with E-state index in [-0.39, 0.29) is 5.75 Å². The molecule has 0 unspecified atom stereocenters. The van der Waals surface area contributed by atoms with Gasteiger partial charge in [0.25, 0.3) is 0 Å². The Balaban J connectivity index is 1.98. The van der Waals surface area contributed by atoms with Crippen LogP contribution in [0.4, 0.5) is 0 Å². The molecule has 0 aromatic carbocycles. The van der Waals surface area contributed by atoms with Gasteiger partial charge in [-0.05, 0) is 47.1 Å². The summed E-state index contributed by atoms with van der Waals surface area (Å²) in [5, 5.41) is 7.75. The largest absolute Gasteiger partial charge is 0.357 e. The van der Waals surface area contributed by atoms with Crippen molar-refractivity contribution in [1.82, 2.24) is 20.0 Å². The molecular weight excluding hydrogens is 338 g/mol. The minimum Gasteiger partial charge on any atom is -0.357 e. The first-order valence-corrected chi connectivity index (χ1v) is 10.6. The normalized spacial score (nSPS) is 19.9. The van der Waals surface area contributed by atoms with Gasteiger partial charge in [0.1, 0.15) is 0 Å². The van der Waals surface area contributed by atoms with Crippen LogP contribution in [0.25, 0.3) is 0 Å². The SMILES string of the molecule is CCNC(=NCCCn1nc(C)cc1C)N1CCS(=O)(=O)C(C)(C)C1. The molecule has 1 aromatic rings. The minimum atomic E-state index is -3.04. The van der Waals surface area contributed by atoms with Crippen LogP contribution in [0.2, 0.25) is 0 Å². The number of hydrogen-bond donors (Lipinski definition) is 1. The first-order chi connectivity index (χ1) is 11.7. The molecule has 1 aromatic heterocycles. The molecule has 2 rings (SSSR count). The second kappa shape index (κ2) is 7.76. The number of nitrogens with one attached hydrogen (secondary N) is 1. The average molecular weight is 370 g/mol. The molecule has 0 atom stereocenters. The maximum absolute atomic E-state index is 12.2. The Kier molecular flexibility index (Phi) is 6.13. The maximum Gasteiger partial charge on any atom is 0.193 e. The van der Waals surface area contributed by atoms with E-state index in [0.717, 1.165) is 36.9 Å². The third kappa shape index (κ3) is 4.74. The third-order valence-electron chi connectivity index (χ3n) is 4.57. The zero-order valence-electron chi connectivity index (χ0n) is 16.0. The minimum absolute atomic E-state index is 0.177. The lowest BCUT2D eigenvalue weighted by Gasteiger charge is -2.39. The predicted molar refractivity (Wildman–Crippen MR) is 102 cm³/mol. The Morgan fingerprint density at radius 3 is 2.68 bits per heavy atom. The van der Waals surface area contributed by atoms with Gasteiger partial charge in [0.2, 0.25) is 0 Å². The van der Waals surface area contributed by atoms with Crippen molar-refractivity contribution in [1.29, 1.82) is 0 Å². The number of rotatable bonds is 5. The number of guanidine groups is 1. The standard InChI is InChI=1S/C17H31N5O2S/c1-6-18-16(21-10-11-25(23,24)17(4,5)13-21)19-8-7-9-22-15(3)12-14(2)20-22/h12H,6-11,13H2,1-5H3,(H,18,19). The summed E-state index contributed by atoms with van der Waals surface area (Å²) in [4.78, 5) is 6.76. The van der Waals surface area contributed by atoms with Crippen molar-refractivity contribution in [2.24, 2.45) is 4.99 Å². The van der Waals surface area contributed by atoms with Gasteiger partial charge >= 0.3 is 0 Å². The van der Waals surface area contributed by atoms with Crippen molar-refractivity contribution in [2.75, 3.05) is 31.9 Å². The maximum atomic E-state index is 12.2. The van der Waals surface area contributed by atoms with Crippen molar-refractivity contribution in [3.8, 4) is 0 Å². The van der Waals surface area contributed by atoms with Crippen LogP contribution < -0.4 is 5.32 Å². The lowest BCUT2D eigenvalue weighted by atomic mass is 10.2. The number of nitrogens with zero attached hydrogens (tertiary/aromatic N) is 4. The molecule has 0 aliphatic carbocycles. The van der Waals surface area contributed by atoms with Gasteiger partial charge in [-0.25, -0.2) is 8.42 Å². The Morgan fingerprint density at radius 2 is 2.12 bits per heavy atom. The zero-order valence-corrected chi connectivity index (χ0v) is 16.9. The molecule has 1 saturated heterocycles. The van der Waals surface area contributed by atoms with E-state index < -0.39 is 14.6 Å². The van der Waals surface area contributed by atoms with Crippen LogP contribution in [-0.2, 0) is 16.4 Å². The van der Waals surface area contributed by atoms with E-state index in [2.05, 4.69) is 28.3 Å². The predicted octanol–water partition coefficient (Wildman–Crippen LogP) is 1.36. The van der Waals surface area contributed by atoms with E-state index in [9.17, 15) is 8.42 Å². The van der Waals surface area contributed by atoms with Crippen LogP contribution in [0.5, 0.6) is 0 Å². The van der Waals surface area contributed by atoms with Gasteiger partial charge < -0.3 is 10.2 Å². The van der Waals surface area contributed by atoms with Crippen LogP contribution in [-0.4, -0.2) is 65.7 Å². The highest BCUT2D eigenvalue weighted by Crippen LogP contribution is 2.23. The quantitative estimate of drug-likeness (QED) is 0.482. The molecule has 0 spiro atoms. The van der Waals surface area contributed by atoms with Crippen molar-refractivity contribution in [3.05, 3.63) is 17.5 Å². The summed E-state index contributed by atoms with van der Waals surface area (Å²) in [5.41, 5.74) is 2.20. The second-order valence-electron chi connectivity index (χ2n) is 7.24. The Labute approximate surface area is 151 Å². The van der Waals surface area contributed by atoms with Gasteiger partial charge in [-0.15, -0.1) is 0 Å². The molecule has 8 heteroatoms. The summed E-state index contributed by atoms with van der Waals surface area (Å²) in [6.45, 7) is 12.9. The highest BCUT2D eigenvalue weighted by Gasteiger charge is 2.40. The van der Waals surface area contributed by atoms with Crippen molar-refractivity contribution in [2.45, 2.75) is 52.3 Å². The zero-order chi connectivity index (χ0) is 18.7. The van der Waals surface area contributed by atoms with E-state index in [0.29, 0.717) is 19.6 Å². The van der Waals surface area contributed by atoms with Crippen LogP contribution in [0.1, 0.15) is 38.6 Å². The Hall–Kier alpha value is -1.57. The van der Waals surface area contributed by atoms with Gasteiger partial charge in [-0.2, -0.15) is 5.10 Å². The van der Waals surface area contributed by atoms with Crippen molar-refractivity contribution < 1.29 is 8.42 Å².